The Hall–Kier alpha value is -3.99. The number of alkyl halides is 3. The van der Waals surface area contributed by atoms with Crippen LogP contribution < -0.4 is 10.1 Å². The number of rotatable bonds is 7. The highest BCUT2D eigenvalue weighted by molar-refractivity contribution is 5.91. The second-order valence-electron chi connectivity index (χ2n) is 8.56. The average Bonchev–Trinajstić information content (AvgIpc) is 3.25. The molecule has 36 heavy (non-hydrogen) atoms. The molecule has 8 nitrogen and oxygen atoms in total. The van der Waals surface area contributed by atoms with E-state index in [0.717, 1.165) is 17.8 Å². The first-order valence-corrected chi connectivity index (χ1v) is 11.1. The number of hydrogen-bond donors (Lipinski definition) is 1. The van der Waals surface area contributed by atoms with Gasteiger partial charge in [-0.15, -0.1) is 0 Å². The van der Waals surface area contributed by atoms with E-state index in [4.69, 9.17) is 4.74 Å². The summed E-state index contributed by atoms with van der Waals surface area (Å²) >= 11 is 0. The van der Waals surface area contributed by atoms with E-state index >= 15 is 0 Å². The zero-order chi connectivity index (χ0) is 25.9. The van der Waals surface area contributed by atoms with Gasteiger partial charge < -0.3 is 15.0 Å². The molecule has 4 rings (SSSR count). The molecule has 1 aliphatic rings. The van der Waals surface area contributed by atoms with E-state index in [2.05, 4.69) is 15.3 Å². The lowest BCUT2D eigenvalue weighted by molar-refractivity contribution is -0.137. The molecule has 188 valence electrons. The average molecular weight is 499 g/mol. The Labute approximate surface area is 205 Å². The Balaban J connectivity index is 1.56. The molecule has 1 N–H and O–H groups in total. The minimum absolute atomic E-state index is 0.158. The molecule has 2 aromatic heterocycles. The molecular formula is C25H24F3N5O3. The largest absolute Gasteiger partial charge is 0.455 e. The summed E-state index contributed by atoms with van der Waals surface area (Å²) in [4.78, 5) is 35.2. The van der Waals surface area contributed by atoms with E-state index in [1.165, 1.54) is 17.2 Å². The second-order valence-corrected chi connectivity index (χ2v) is 8.56. The number of benzene rings is 1. The van der Waals surface area contributed by atoms with Gasteiger partial charge in [-0.05, 0) is 42.5 Å². The van der Waals surface area contributed by atoms with Crippen LogP contribution in [0.25, 0.3) is 0 Å². The van der Waals surface area contributed by atoms with Gasteiger partial charge in [-0.3, -0.25) is 14.5 Å². The summed E-state index contributed by atoms with van der Waals surface area (Å²) in [5, 5.41) is 3.00. The smallest absolute Gasteiger partial charge is 0.417 e. The highest BCUT2D eigenvalue weighted by Gasteiger charge is 2.30. The summed E-state index contributed by atoms with van der Waals surface area (Å²) in [5.74, 6) is 1.13. The minimum Gasteiger partial charge on any atom is -0.455 e. The maximum Gasteiger partial charge on any atom is 0.417 e. The third kappa shape index (κ3) is 6.16. The van der Waals surface area contributed by atoms with Crippen molar-refractivity contribution < 1.29 is 27.5 Å². The maximum absolute atomic E-state index is 12.8. The van der Waals surface area contributed by atoms with Crippen molar-refractivity contribution in [2.75, 3.05) is 32.5 Å². The van der Waals surface area contributed by atoms with E-state index in [1.54, 1.807) is 44.4 Å². The van der Waals surface area contributed by atoms with Gasteiger partial charge in [-0.1, -0.05) is 0 Å². The van der Waals surface area contributed by atoms with Crippen LogP contribution in [0.5, 0.6) is 11.5 Å². The minimum atomic E-state index is -4.46. The molecule has 0 bridgehead atoms. The van der Waals surface area contributed by atoms with Crippen LogP contribution in [0.1, 0.15) is 28.0 Å². The van der Waals surface area contributed by atoms with Crippen molar-refractivity contribution >= 4 is 23.2 Å². The lowest BCUT2D eigenvalue weighted by atomic mass is 10.1. The standard InChI is InChI=1S/C25H24F3N5O3/c1-32(2)24(35)21-6-5-20(13-29-21)36-22-7-4-18(11-16(22)14-33-10-9-19(34)15-33)31-23-8-3-17(12-30-23)25(26,27)28/h3-8,11-13H,9-10,14-15H2,1-2H3,(H,30,31). The van der Waals surface area contributed by atoms with Crippen molar-refractivity contribution in [1.82, 2.24) is 19.8 Å². The molecule has 0 unspecified atom stereocenters. The number of likely N-dealkylation sites (tertiary alicyclic amines) is 1. The molecule has 1 aliphatic heterocycles. The normalized spacial score (nSPS) is 14.1. The highest BCUT2D eigenvalue weighted by Crippen LogP contribution is 2.32. The van der Waals surface area contributed by atoms with E-state index in [-0.39, 0.29) is 23.2 Å². The van der Waals surface area contributed by atoms with E-state index < -0.39 is 11.7 Å². The van der Waals surface area contributed by atoms with E-state index in [9.17, 15) is 22.8 Å². The molecule has 1 saturated heterocycles. The van der Waals surface area contributed by atoms with Gasteiger partial charge in [0.2, 0.25) is 0 Å². The molecule has 1 aromatic carbocycles. The number of ether oxygens (including phenoxy) is 1. The van der Waals surface area contributed by atoms with Crippen molar-refractivity contribution in [2.24, 2.45) is 0 Å². The first-order chi connectivity index (χ1) is 17.1. The van der Waals surface area contributed by atoms with Crippen molar-refractivity contribution in [3.05, 3.63) is 71.7 Å². The zero-order valence-electron chi connectivity index (χ0n) is 19.7. The van der Waals surface area contributed by atoms with Gasteiger partial charge in [0.15, 0.2) is 0 Å². The molecule has 3 heterocycles. The van der Waals surface area contributed by atoms with Crippen molar-refractivity contribution in [3.8, 4) is 11.5 Å². The molecule has 1 amide bonds. The van der Waals surface area contributed by atoms with Gasteiger partial charge in [-0.2, -0.15) is 13.2 Å². The number of carbonyl (C=O) groups excluding carboxylic acids is 2. The number of anilines is 2. The lowest BCUT2D eigenvalue weighted by Crippen LogP contribution is -2.22. The Morgan fingerprint density at radius 3 is 2.50 bits per heavy atom. The number of nitrogens with zero attached hydrogens (tertiary/aromatic N) is 4. The van der Waals surface area contributed by atoms with Crippen LogP contribution in [-0.2, 0) is 17.5 Å². The fraction of sp³-hybridized carbons (Fsp3) is 0.280. The molecule has 0 aliphatic carbocycles. The number of ketones is 1. The number of carbonyl (C=O) groups is 2. The van der Waals surface area contributed by atoms with Crippen molar-refractivity contribution in [2.45, 2.75) is 19.1 Å². The number of amides is 1. The summed E-state index contributed by atoms with van der Waals surface area (Å²) in [6.45, 7) is 1.39. The SMILES string of the molecule is CN(C)C(=O)c1ccc(Oc2ccc(Nc3ccc(C(F)(F)F)cn3)cc2CN2CCC(=O)C2)cn1. The Kier molecular flexibility index (Phi) is 7.20. The maximum atomic E-state index is 12.8. The number of nitrogens with one attached hydrogen (secondary N) is 1. The van der Waals surface area contributed by atoms with Crippen LogP contribution in [0, 0.1) is 0 Å². The first kappa shape index (κ1) is 25.1. The van der Waals surface area contributed by atoms with Gasteiger partial charge in [0, 0.05) is 51.1 Å². The third-order valence-electron chi connectivity index (χ3n) is 5.51. The quantitative estimate of drug-likeness (QED) is 0.512. The molecule has 1 fully saturated rings. The van der Waals surface area contributed by atoms with Gasteiger partial charge in [0.05, 0.1) is 18.3 Å². The highest BCUT2D eigenvalue weighted by atomic mass is 19.4. The topological polar surface area (TPSA) is 87.7 Å². The van der Waals surface area contributed by atoms with Gasteiger partial charge in [-0.25, -0.2) is 9.97 Å². The van der Waals surface area contributed by atoms with Crippen LogP contribution in [0.3, 0.4) is 0 Å². The van der Waals surface area contributed by atoms with Crippen LogP contribution in [0.15, 0.2) is 54.9 Å². The second kappa shape index (κ2) is 10.3. The predicted molar refractivity (Wildman–Crippen MR) is 126 cm³/mol. The summed E-state index contributed by atoms with van der Waals surface area (Å²) in [6.07, 6.45) is -1.75. The van der Waals surface area contributed by atoms with Crippen LogP contribution in [0.4, 0.5) is 24.7 Å². The summed E-state index contributed by atoms with van der Waals surface area (Å²) < 4.78 is 44.5. The van der Waals surface area contributed by atoms with Crippen LogP contribution in [0.2, 0.25) is 0 Å². The fourth-order valence-electron chi connectivity index (χ4n) is 3.65. The summed E-state index contributed by atoms with van der Waals surface area (Å²) in [6, 6.07) is 10.7. The fourth-order valence-corrected chi connectivity index (χ4v) is 3.65. The Morgan fingerprint density at radius 2 is 1.92 bits per heavy atom. The summed E-state index contributed by atoms with van der Waals surface area (Å²) in [7, 11) is 3.28. The predicted octanol–water partition coefficient (Wildman–Crippen LogP) is 4.51. The zero-order valence-corrected chi connectivity index (χ0v) is 19.7. The van der Waals surface area contributed by atoms with Crippen molar-refractivity contribution in [1.29, 1.82) is 0 Å². The van der Waals surface area contributed by atoms with Gasteiger partial charge in [0.1, 0.15) is 28.8 Å². The van der Waals surface area contributed by atoms with Crippen LogP contribution in [-0.4, -0.2) is 58.6 Å². The molecular weight excluding hydrogens is 475 g/mol. The molecule has 0 radical (unpaired) electrons. The Bertz CT molecular complexity index is 1250. The number of aromatic nitrogens is 2. The lowest BCUT2D eigenvalue weighted by Gasteiger charge is -2.19. The van der Waals surface area contributed by atoms with Crippen LogP contribution >= 0.6 is 0 Å². The van der Waals surface area contributed by atoms with E-state index in [0.29, 0.717) is 43.2 Å². The molecule has 3 aromatic rings. The number of hydrogen-bond acceptors (Lipinski definition) is 7. The number of halogens is 3. The summed E-state index contributed by atoms with van der Waals surface area (Å²) in [5.41, 5.74) is 0.810. The first-order valence-electron chi connectivity index (χ1n) is 11.1. The number of Topliss-reactive ketones (excluding diaryl/α,β-unsaturated/α-hetero) is 1. The third-order valence-corrected chi connectivity index (χ3v) is 5.51. The molecule has 11 heteroatoms. The molecule has 0 spiro atoms. The monoisotopic (exact) mass is 499 g/mol. The van der Waals surface area contributed by atoms with E-state index in [1.807, 2.05) is 4.90 Å². The number of pyridine rings is 2. The van der Waals surface area contributed by atoms with Gasteiger partial charge in [0.25, 0.3) is 5.91 Å². The molecule has 0 atom stereocenters. The molecule has 0 saturated carbocycles. The van der Waals surface area contributed by atoms with Crippen molar-refractivity contribution in [3.63, 3.8) is 0 Å². The Morgan fingerprint density at radius 1 is 1.11 bits per heavy atom. The van der Waals surface area contributed by atoms with Gasteiger partial charge >= 0.3 is 6.18 Å².